The molecule has 0 radical (unpaired) electrons. The molecule has 1 aromatic carbocycles. The van der Waals surface area contributed by atoms with Crippen LogP contribution in [0.4, 0.5) is 0 Å². The molecular formula is C22H31IN6O. The van der Waals surface area contributed by atoms with Crippen LogP contribution in [-0.4, -0.2) is 55.0 Å². The number of likely N-dealkylation sites (tertiary alicyclic amines) is 1. The number of hydrogen-bond acceptors (Lipinski definition) is 4. The van der Waals surface area contributed by atoms with Gasteiger partial charge in [0.05, 0.1) is 5.56 Å². The quantitative estimate of drug-likeness (QED) is 0.215. The van der Waals surface area contributed by atoms with Gasteiger partial charge < -0.3 is 16.0 Å². The number of nitrogens with one attached hydrogen (secondary N) is 3. The van der Waals surface area contributed by atoms with Gasteiger partial charge in [0.25, 0.3) is 5.91 Å². The summed E-state index contributed by atoms with van der Waals surface area (Å²) in [5, 5.41) is 9.37. The largest absolute Gasteiger partial charge is 0.355 e. The molecule has 2 heterocycles. The molecule has 0 atom stereocenters. The third-order valence-electron chi connectivity index (χ3n) is 4.94. The number of pyridine rings is 1. The van der Waals surface area contributed by atoms with Crippen molar-refractivity contribution in [2.75, 3.05) is 33.2 Å². The van der Waals surface area contributed by atoms with E-state index in [9.17, 15) is 4.79 Å². The lowest BCUT2D eigenvalue weighted by Gasteiger charge is -2.15. The highest BCUT2D eigenvalue weighted by Crippen LogP contribution is 2.13. The maximum absolute atomic E-state index is 12.0. The number of carbonyl (C=O) groups is 1. The first-order chi connectivity index (χ1) is 14.2. The minimum atomic E-state index is -0.128. The second-order valence-electron chi connectivity index (χ2n) is 7.15. The van der Waals surface area contributed by atoms with E-state index < -0.39 is 0 Å². The van der Waals surface area contributed by atoms with Gasteiger partial charge in [-0.25, -0.2) is 0 Å². The highest BCUT2D eigenvalue weighted by molar-refractivity contribution is 14.0. The van der Waals surface area contributed by atoms with Crippen LogP contribution < -0.4 is 16.0 Å². The Bertz CT molecular complexity index is 791. The second kappa shape index (κ2) is 13.2. The average Bonchev–Trinajstić information content (AvgIpc) is 3.28. The SMILES string of the molecule is CN=C(NCCNC(=O)c1cccnc1)NCc1ccc(CN2CCCC2)cc1.I. The van der Waals surface area contributed by atoms with E-state index in [0.717, 1.165) is 6.54 Å². The third-order valence-corrected chi connectivity index (χ3v) is 4.94. The Hall–Kier alpha value is -2.20. The van der Waals surface area contributed by atoms with E-state index in [1.807, 2.05) is 0 Å². The molecule has 1 amide bonds. The molecule has 3 N–H and O–H groups in total. The maximum Gasteiger partial charge on any atom is 0.252 e. The summed E-state index contributed by atoms with van der Waals surface area (Å²) in [5.41, 5.74) is 3.13. The van der Waals surface area contributed by atoms with Gasteiger partial charge in [-0.1, -0.05) is 24.3 Å². The fraction of sp³-hybridized carbons (Fsp3) is 0.409. The van der Waals surface area contributed by atoms with Crippen LogP contribution >= 0.6 is 24.0 Å². The lowest BCUT2D eigenvalue weighted by Crippen LogP contribution is -2.41. The molecule has 30 heavy (non-hydrogen) atoms. The van der Waals surface area contributed by atoms with E-state index in [-0.39, 0.29) is 29.9 Å². The van der Waals surface area contributed by atoms with E-state index in [2.05, 4.69) is 55.1 Å². The number of nitrogens with zero attached hydrogens (tertiary/aromatic N) is 3. The van der Waals surface area contributed by atoms with Crippen molar-refractivity contribution in [3.05, 3.63) is 65.5 Å². The summed E-state index contributed by atoms with van der Waals surface area (Å²) >= 11 is 0. The molecule has 1 aromatic heterocycles. The topological polar surface area (TPSA) is 81.6 Å². The van der Waals surface area contributed by atoms with E-state index in [1.54, 1.807) is 31.6 Å². The van der Waals surface area contributed by atoms with E-state index in [4.69, 9.17) is 0 Å². The van der Waals surface area contributed by atoms with E-state index in [1.165, 1.54) is 37.1 Å². The molecule has 0 bridgehead atoms. The molecule has 8 heteroatoms. The van der Waals surface area contributed by atoms with E-state index >= 15 is 0 Å². The van der Waals surface area contributed by atoms with Crippen molar-refractivity contribution in [2.24, 2.45) is 4.99 Å². The van der Waals surface area contributed by atoms with Gasteiger partial charge in [-0.2, -0.15) is 0 Å². The zero-order chi connectivity index (χ0) is 20.3. The van der Waals surface area contributed by atoms with Crippen molar-refractivity contribution in [2.45, 2.75) is 25.9 Å². The number of benzene rings is 1. The van der Waals surface area contributed by atoms with Gasteiger partial charge in [0.2, 0.25) is 0 Å². The highest BCUT2D eigenvalue weighted by Gasteiger charge is 2.11. The Labute approximate surface area is 195 Å². The standard InChI is InChI=1S/C22H30N6O.HI/c1-23-22(26-12-11-25-21(29)20-5-4-10-24-16-20)27-15-18-6-8-19(9-7-18)17-28-13-2-3-14-28;/h4-10,16H,2-3,11-15,17H2,1H3,(H,25,29)(H2,23,26,27);1H. The second-order valence-corrected chi connectivity index (χ2v) is 7.15. The van der Waals surface area contributed by atoms with Crippen LogP contribution in [0.15, 0.2) is 53.8 Å². The molecule has 7 nitrogen and oxygen atoms in total. The fourth-order valence-electron chi connectivity index (χ4n) is 3.32. The van der Waals surface area contributed by atoms with Crippen molar-refractivity contribution < 1.29 is 4.79 Å². The highest BCUT2D eigenvalue weighted by atomic mass is 127. The first-order valence-electron chi connectivity index (χ1n) is 10.2. The molecular weight excluding hydrogens is 491 g/mol. The molecule has 0 saturated carbocycles. The minimum Gasteiger partial charge on any atom is -0.355 e. The summed E-state index contributed by atoms with van der Waals surface area (Å²) in [6, 6.07) is 12.2. The molecule has 162 valence electrons. The Kier molecular flexibility index (Phi) is 10.6. The van der Waals surface area contributed by atoms with Crippen molar-refractivity contribution in [1.82, 2.24) is 25.8 Å². The van der Waals surface area contributed by atoms with Crippen LogP contribution in [0, 0.1) is 0 Å². The minimum absolute atomic E-state index is 0. The molecule has 1 aliphatic rings. The molecule has 0 spiro atoms. The Morgan fingerprint density at radius 1 is 1.03 bits per heavy atom. The Morgan fingerprint density at radius 3 is 2.40 bits per heavy atom. The Morgan fingerprint density at radius 2 is 1.73 bits per heavy atom. The molecule has 1 fully saturated rings. The van der Waals surface area contributed by atoms with Crippen molar-refractivity contribution in [1.29, 1.82) is 0 Å². The summed E-state index contributed by atoms with van der Waals surface area (Å²) in [6.45, 7) is 5.26. The predicted octanol–water partition coefficient (Wildman–Crippen LogP) is 2.39. The summed E-state index contributed by atoms with van der Waals surface area (Å²) in [7, 11) is 1.74. The lowest BCUT2D eigenvalue weighted by atomic mass is 10.1. The maximum atomic E-state index is 12.0. The number of guanidine groups is 1. The zero-order valence-corrected chi connectivity index (χ0v) is 19.8. The monoisotopic (exact) mass is 522 g/mol. The smallest absolute Gasteiger partial charge is 0.252 e. The van der Waals surface area contributed by atoms with Gasteiger partial charge in [0, 0.05) is 45.6 Å². The molecule has 1 aliphatic heterocycles. The lowest BCUT2D eigenvalue weighted by molar-refractivity contribution is 0.0954. The fourth-order valence-corrected chi connectivity index (χ4v) is 3.32. The van der Waals surface area contributed by atoms with Crippen molar-refractivity contribution in [3.63, 3.8) is 0 Å². The van der Waals surface area contributed by atoms with Gasteiger partial charge >= 0.3 is 0 Å². The van der Waals surface area contributed by atoms with Gasteiger partial charge in [-0.05, 0) is 49.2 Å². The van der Waals surface area contributed by atoms with Gasteiger partial charge in [-0.3, -0.25) is 19.7 Å². The average molecular weight is 522 g/mol. The first kappa shape index (κ1) is 24.1. The van der Waals surface area contributed by atoms with Crippen LogP contribution in [0.1, 0.15) is 34.3 Å². The number of hydrogen-bond donors (Lipinski definition) is 3. The van der Waals surface area contributed by atoms with Crippen LogP contribution in [0.2, 0.25) is 0 Å². The molecule has 0 aliphatic carbocycles. The molecule has 2 aromatic rings. The van der Waals surface area contributed by atoms with E-state index in [0.29, 0.717) is 31.2 Å². The normalized spacial score (nSPS) is 14.1. The number of halogens is 1. The van der Waals surface area contributed by atoms with Crippen LogP contribution in [0.3, 0.4) is 0 Å². The van der Waals surface area contributed by atoms with Gasteiger partial charge in [0.1, 0.15) is 0 Å². The van der Waals surface area contributed by atoms with Gasteiger partial charge in [-0.15, -0.1) is 24.0 Å². The first-order valence-corrected chi connectivity index (χ1v) is 10.2. The summed E-state index contributed by atoms with van der Waals surface area (Å²) < 4.78 is 0. The summed E-state index contributed by atoms with van der Waals surface area (Å²) in [5.74, 6) is 0.582. The summed E-state index contributed by atoms with van der Waals surface area (Å²) in [6.07, 6.45) is 5.84. The molecule has 0 unspecified atom stereocenters. The molecule has 1 saturated heterocycles. The van der Waals surface area contributed by atoms with Gasteiger partial charge in [0.15, 0.2) is 5.96 Å². The number of amides is 1. The van der Waals surface area contributed by atoms with Crippen molar-refractivity contribution >= 4 is 35.8 Å². The van der Waals surface area contributed by atoms with Crippen LogP contribution in [0.25, 0.3) is 0 Å². The number of aliphatic imine (C=N–C) groups is 1. The summed E-state index contributed by atoms with van der Waals surface area (Å²) in [4.78, 5) is 22.7. The number of carbonyl (C=O) groups excluding carboxylic acids is 1. The van der Waals surface area contributed by atoms with Crippen LogP contribution in [-0.2, 0) is 13.1 Å². The molecule has 3 rings (SSSR count). The third kappa shape index (κ3) is 7.91. The number of aromatic nitrogens is 1. The zero-order valence-electron chi connectivity index (χ0n) is 17.4. The van der Waals surface area contributed by atoms with Crippen LogP contribution in [0.5, 0.6) is 0 Å². The van der Waals surface area contributed by atoms with Crippen molar-refractivity contribution in [3.8, 4) is 0 Å². The predicted molar refractivity (Wildman–Crippen MR) is 131 cm³/mol. The Balaban J connectivity index is 0.00000320. The number of rotatable bonds is 8.